The molecule has 1 aliphatic heterocycles. The smallest absolute Gasteiger partial charge is 0.157 e. The van der Waals surface area contributed by atoms with Crippen LogP contribution in [0.2, 0.25) is 10.0 Å². The summed E-state index contributed by atoms with van der Waals surface area (Å²) in [4.78, 5) is 2.97. The lowest BCUT2D eigenvalue weighted by Gasteiger charge is -2.29. The van der Waals surface area contributed by atoms with Crippen molar-refractivity contribution in [1.82, 2.24) is 4.90 Å². The van der Waals surface area contributed by atoms with E-state index in [1.54, 1.807) is 24.3 Å². The van der Waals surface area contributed by atoms with Gasteiger partial charge < -0.3 is 9.64 Å². The van der Waals surface area contributed by atoms with Crippen LogP contribution in [-0.4, -0.2) is 23.0 Å². The lowest BCUT2D eigenvalue weighted by atomic mass is 10.1. The molecule has 1 saturated heterocycles. The number of halogens is 3. The fourth-order valence-electron chi connectivity index (χ4n) is 2.84. The van der Waals surface area contributed by atoms with Gasteiger partial charge in [0, 0.05) is 18.7 Å². The van der Waals surface area contributed by atoms with Gasteiger partial charge in [-0.3, -0.25) is 0 Å². The Morgan fingerprint density at radius 1 is 1.04 bits per heavy atom. The minimum Gasteiger partial charge on any atom is -0.486 e. The molecule has 0 N–H and O–H groups in total. The third-order valence-corrected chi connectivity index (χ3v) is 5.24. The quantitative estimate of drug-likeness (QED) is 0.598. The number of piperidine rings is 1. The molecule has 1 aliphatic rings. The van der Waals surface area contributed by atoms with Crippen LogP contribution in [0.15, 0.2) is 36.4 Å². The summed E-state index contributed by atoms with van der Waals surface area (Å²) in [5, 5.41) is 0.841. The van der Waals surface area contributed by atoms with E-state index in [1.807, 2.05) is 0 Å². The van der Waals surface area contributed by atoms with Crippen molar-refractivity contribution in [3.8, 4) is 5.75 Å². The molecule has 0 unspecified atom stereocenters. The van der Waals surface area contributed by atoms with E-state index < -0.39 is 0 Å². The molecular formula is C19H18Cl2FNOS. The molecule has 2 nitrogen and oxygen atoms in total. The van der Waals surface area contributed by atoms with Gasteiger partial charge in [0.1, 0.15) is 17.4 Å². The Morgan fingerprint density at radius 3 is 2.24 bits per heavy atom. The predicted molar refractivity (Wildman–Crippen MR) is 104 cm³/mol. The molecule has 0 amide bonds. The van der Waals surface area contributed by atoms with E-state index in [4.69, 9.17) is 40.2 Å². The SMILES string of the molecule is Fc1ccc(COc2c(Cl)cc(C(=S)N3CCCCC3)cc2Cl)cc1. The van der Waals surface area contributed by atoms with Crippen molar-refractivity contribution in [3.05, 3.63) is 63.4 Å². The standard InChI is InChI=1S/C19H18Cl2FNOS/c20-16-10-14(19(25)23-8-2-1-3-9-23)11-17(21)18(16)24-12-13-4-6-15(22)7-5-13/h4-7,10-11H,1-3,8-9,12H2. The van der Waals surface area contributed by atoms with E-state index in [1.165, 1.54) is 18.6 Å². The Bertz CT molecular complexity index is 738. The molecule has 1 fully saturated rings. The Balaban J connectivity index is 1.73. The summed E-state index contributed by atoms with van der Waals surface area (Å²) in [7, 11) is 0. The van der Waals surface area contributed by atoms with E-state index in [0.29, 0.717) is 15.8 Å². The van der Waals surface area contributed by atoms with Crippen LogP contribution in [0.1, 0.15) is 30.4 Å². The average molecular weight is 398 g/mol. The van der Waals surface area contributed by atoms with Crippen LogP contribution in [0.25, 0.3) is 0 Å². The average Bonchev–Trinajstić information content (AvgIpc) is 2.62. The van der Waals surface area contributed by atoms with Crippen molar-refractivity contribution in [1.29, 1.82) is 0 Å². The lowest BCUT2D eigenvalue weighted by Crippen LogP contribution is -2.34. The number of benzene rings is 2. The first-order chi connectivity index (χ1) is 12.0. The van der Waals surface area contributed by atoms with Gasteiger partial charge in [0.25, 0.3) is 0 Å². The van der Waals surface area contributed by atoms with Crippen LogP contribution in [0.5, 0.6) is 5.75 Å². The molecule has 0 aromatic heterocycles. The zero-order valence-corrected chi connectivity index (χ0v) is 15.9. The highest BCUT2D eigenvalue weighted by atomic mass is 35.5. The third kappa shape index (κ3) is 4.63. The van der Waals surface area contributed by atoms with Crippen molar-refractivity contribution >= 4 is 40.4 Å². The van der Waals surface area contributed by atoms with E-state index in [9.17, 15) is 4.39 Å². The molecule has 2 aromatic rings. The van der Waals surface area contributed by atoms with Crippen molar-refractivity contribution in [2.45, 2.75) is 25.9 Å². The van der Waals surface area contributed by atoms with E-state index in [-0.39, 0.29) is 12.4 Å². The first-order valence-electron chi connectivity index (χ1n) is 8.20. The number of thiocarbonyl (C=S) groups is 1. The summed E-state index contributed by atoms with van der Waals surface area (Å²) in [5.41, 5.74) is 1.67. The second-order valence-corrected chi connectivity index (χ2v) is 7.24. The Labute approximate surface area is 162 Å². The third-order valence-electron chi connectivity index (χ3n) is 4.18. The summed E-state index contributed by atoms with van der Waals surface area (Å²) < 4.78 is 18.7. The first kappa shape index (κ1) is 18.4. The number of likely N-dealkylation sites (tertiary alicyclic amines) is 1. The van der Waals surface area contributed by atoms with Crippen molar-refractivity contribution < 1.29 is 9.13 Å². The van der Waals surface area contributed by atoms with Crippen LogP contribution in [-0.2, 0) is 6.61 Å². The Kier molecular flexibility index (Phi) is 6.15. The van der Waals surface area contributed by atoms with Gasteiger partial charge in [0.05, 0.1) is 10.0 Å². The molecule has 6 heteroatoms. The molecule has 3 rings (SSSR count). The maximum atomic E-state index is 13.0. The molecule has 0 atom stereocenters. The highest BCUT2D eigenvalue weighted by molar-refractivity contribution is 7.80. The van der Waals surface area contributed by atoms with Crippen LogP contribution in [0, 0.1) is 5.82 Å². The second kappa shape index (κ2) is 8.35. The Hall–Kier alpha value is -1.36. The summed E-state index contributed by atoms with van der Waals surface area (Å²) >= 11 is 18.3. The molecule has 1 heterocycles. The Morgan fingerprint density at radius 2 is 1.64 bits per heavy atom. The summed E-state index contributed by atoms with van der Waals surface area (Å²) in [6.07, 6.45) is 3.55. The van der Waals surface area contributed by atoms with Crippen molar-refractivity contribution in [2.75, 3.05) is 13.1 Å². The highest BCUT2D eigenvalue weighted by Gasteiger charge is 2.18. The summed E-state index contributed by atoms with van der Waals surface area (Å²) in [6, 6.07) is 9.70. The van der Waals surface area contributed by atoms with Crippen LogP contribution in [0.4, 0.5) is 4.39 Å². The number of ether oxygens (including phenoxy) is 1. The molecule has 25 heavy (non-hydrogen) atoms. The molecule has 0 bridgehead atoms. The molecule has 0 saturated carbocycles. The minimum atomic E-state index is -0.282. The molecule has 0 aliphatic carbocycles. The fourth-order valence-corrected chi connectivity index (χ4v) is 3.73. The number of nitrogens with zero attached hydrogens (tertiary/aromatic N) is 1. The van der Waals surface area contributed by atoms with E-state index in [0.717, 1.165) is 42.0 Å². The van der Waals surface area contributed by atoms with Gasteiger partial charge in [0.2, 0.25) is 0 Å². The van der Waals surface area contributed by atoms with Crippen molar-refractivity contribution in [3.63, 3.8) is 0 Å². The lowest BCUT2D eigenvalue weighted by molar-refractivity contribution is 0.306. The molecule has 132 valence electrons. The summed E-state index contributed by atoms with van der Waals surface area (Å²) in [5.74, 6) is 0.133. The second-order valence-electron chi connectivity index (χ2n) is 6.04. The largest absolute Gasteiger partial charge is 0.486 e. The first-order valence-corrected chi connectivity index (χ1v) is 9.36. The van der Waals surface area contributed by atoms with Gasteiger partial charge in [-0.05, 0) is 49.1 Å². The fraction of sp³-hybridized carbons (Fsp3) is 0.316. The van der Waals surface area contributed by atoms with Crippen LogP contribution < -0.4 is 4.74 Å². The van der Waals surface area contributed by atoms with Gasteiger partial charge in [-0.15, -0.1) is 0 Å². The predicted octanol–water partition coefficient (Wildman–Crippen LogP) is 5.87. The minimum absolute atomic E-state index is 0.260. The number of hydrogen-bond acceptors (Lipinski definition) is 2. The molecular weight excluding hydrogens is 380 g/mol. The van der Waals surface area contributed by atoms with Gasteiger partial charge in [-0.2, -0.15) is 0 Å². The maximum absolute atomic E-state index is 13.0. The van der Waals surface area contributed by atoms with Crippen LogP contribution in [0.3, 0.4) is 0 Å². The van der Waals surface area contributed by atoms with E-state index in [2.05, 4.69) is 4.90 Å². The molecule has 2 aromatic carbocycles. The monoisotopic (exact) mass is 397 g/mol. The number of rotatable bonds is 4. The number of hydrogen-bond donors (Lipinski definition) is 0. The van der Waals surface area contributed by atoms with Gasteiger partial charge >= 0.3 is 0 Å². The molecule has 0 spiro atoms. The zero-order valence-electron chi connectivity index (χ0n) is 13.6. The summed E-state index contributed by atoms with van der Waals surface area (Å²) in [6.45, 7) is 2.20. The van der Waals surface area contributed by atoms with Gasteiger partial charge in [-0.1, -0.05) is 47.6 Å². The van der Waals surface area contributed by atoms with Gasteiger partial charge in [0.15, 0.2) is 5.75 Å². The topological polar surface area (TPSA) is 12.5 Å². The highest BCUT2D eigenvalue weighted by Crippen LogP contribution is 2.35. The van der Waals surface area contributed by atoms with Gasteiger partial charge in [-0.25, -0.2) is 4.39 Å². The van der Waals surface area contributed by atoms with Crippen LogP contribution >= 0.6 is 35.4 Å². The van der Waals surface area contributed by atoms with E-state index >= 15 is 0 Å². The zero-order chi connectivity index (χ0) is 17.8. The maximum Gasteiger partial charge on any atom is 0.157 e. The normalized spacial score (nSPS) is 14.4. The molecule has 0 radical (unpaired) electrons. The van der Waals surface area contributed by atoms with Crippen molar-refractivity contribution in [2.24, 2.45) is 0 Å².